The standard InChI is InChI=1S/C11H20N2O2/c1-13-5-4-11(10(14)15,9(12)7-13)6-8-2-3-8/h8-9H,2-7,12H2,1H3,(H,14,15). The van der Waals surface area contributed by atoms with Crippen LogP contribution in [0.4, 0.5) is 0 Å². The van der Waals surface area contributed by atoms with Crippen molar-refractivity contribution in [1.29, 1.82) is 0 Å². The average Bonchev–Trinajstić information content (AvgIpc) is 2.93. The molecule has 0 aromatic carbocycles. The molecule has 2 fully saturated rings. The molecule has 0 aromatic heterocycles. The van der Waals surface area contributed by atoms with E-state index in [-0.39, 0.29) is 6.04 Å². The summed E-state index contributed by atoms with van der Waals surface area (Å²) in [5.41, 5.74) is 5.41. The van der Waals surface area contributed by atoms with Crippen LogP contribution >= 0.6 is 0 Å². The molecule has 4 nitrogen and oxygen atoms in total. The highest BCUT2D eigenvalue weighted by atomic mass is 16.4. The zero-order chi connectivity index (χ0) is 11.1. The Balaban J connectivity index is 2.12. The molecule has 0 amide bonds. The van der Waals surface area contributed by atoms with Crippen LogP contribution in [0.5, 0.6) is 0 Å². The molecule has 3 N–H and O–H groups in total. The first-order chi connectivity index (χ1) is 7.04. The number of likely N-dealkylation sites (N-methyl/N-ethyl adjacent to an activating group) is 1. The Bertz CT molecular complexity index is 265. The smallest absolute Gasteiger partial charge is 0.311 e. The minimum atomic E-state index is -0.685. The molecule has 2 rings (SSSR count). The van der Waals surface area contributed by atoms with E-state index in [9.17, 15) is 9.90 Å². The molecular weight excluding hydrogens is 192 g/mol. The number of hydrogen-bond acceptors (Lipinski definition) is 3. The number of carboxylic acid groups (broad SMARTS) is 1. The minimum Gasteiger partial charge on any atom is -0.481 e. The average molecular weight is 212 g/mol. The lowest BCUT2D eigenvalue weighted by molar-refractivity contribution is -0.154. The van der Waals surface area contributed by atoms with Crippen molar-refractivity contribution in [1.82, 2.24) is 4.90 Å². The molecule has 0 spiro atoms. The highest BCUT2D eigenvalue weighted by molar-refractivity contribution is 5.76. The Hall–Kier alpha value is -0.610. The first-order valence-corrected chi connectivity index (χ1v) is 5.72. The maximum absolute atomic E-state index is 11.5. The lowest BCUT2D eigenvalue weighted by Gasteiger charge is -2.42. The molecule has 2 atom stereocenters. The topological polar surface area (TPSA) is 66.6 Å². The molecule has 15 heavy (non-hydrogen) atoms. The van der Waals surface area contributed by atoms with E-state index in [1.54, 1.807) is 0 Å². The first kappa shape index (κ1) is 10.9. The van der Waals surface area contributed by atoms with Crippen LogP contribution < -0.4 is 5.73 Å². The normalized spacial score (nSPS) is 37.9. The van der Waals surface area contributed by atoms with E-state index in [1.165, 1.54) is 12.8 Å². The molecule has 2 aliphatic rings. The van der Waals surface area contributed by atoms with Gasteiger partial charge in [-0.05, 0) is 32.4 Å². The van der Waals surface area contributed by atoms with Gasteiger partial charge in [0.25, 0.3) is 0 Å². The van der Waals surface area contributed by atoms with E-state index in [1.807, 2.05) is 7.05 Å². The van der Waals surface area contributed by atoms with Crippen molar-refractivity contribution >= 4 is 5.97 Å². The molecule has 86 valence electrons. The number of aliphatic carboxylic acids is 1. The second-order valence-electron chi connectivity index (χ2n) is 5.23. The number of rotatable bonds is 3. The van der Waals surface area contributed by atoms with Gasteiger partial charge in [0.1, 0.15) is 0 Å². The van der Waals surface area contributed by atoms with E-state index in [4.69, 9.17) is 5.73 Å². The van der Waals surface area contributed by atoms with Crippen molar-refractivity contribution in [2.45, 2.75) is 31.7 Å². The fraction of sp³-hybridized carbons (Fsp3) is 0.909. The van der Waals surface area contributed by atoms with E-state index in [0.29, 0.717) is 18.9 Å². The fourth-order valence-electron chi connectivity index (χ4n) is 2.62. The van der Waals surface area contributed by atoms with Gasteiger partial charge in [-0.15, -0.1) is 0 Å². The van der Waals surface area contributed by atoms with Crippen LogP contribution in [-0.2, 0) is 4.79 Å². The van der Waals surface area contributed by atoms with Gasteiger partial charge in [-0.25, -0.2) is 0 Å². The van der Waals surface area contributed by atoms with Crippen LogP contribution in [0.3, 0.4) is 0 Å². The number of nitrogens with two attached hydrogens (primary N) is 1. The Morgan fingerprint density at radius 2 is 2.27 bits per heavy atom. The summed E-state index contributed by atoms with van der Waals surface area (Å²) in [6, 6.07) is -0.214. The minimum absolute atomic E-state index is 0.214. The van der Waals surface area contributed by atoms with Crippen molar-refractivity contribution in [3.05, 3.63) is 0 Å². The summed E-state index contributed by atoms with van der Waals surface area (Å²) in [6.07, 6.45) is 3.88. The zero-order valence-corrected chi connectivity index (χ0v) is 9.28. The summed E-state index contributed by atoms with van der Waals surface area (Å²) in [7, 11) is 2.00. The van der Waals surface area contributed by atoms with Crippen LogP contribution in [-0.4, -0.2) is 42.2 Å². The maximum Gasteiger partial charge on any atom is 0.311 e. The van der Waals surface area contributed by atoms with Crippen LogP contribution in [0, 0.1) is 11.3 Å². The number of carbonyl (C=O) groups is 1. The number of hydrogen-bond donors (Lipinski definition) is 2. The fourth-order valence-corrected chi connectivity index (χ4v) is 2.62. The van der Waals surface area contributed by atoms with Crippen molar-refractivity contribution in [3.63, 3.8) is 0 Å². The second kappa shape index (κ2) is 3.76. The van der Waals surface area contributed by atoms with Gasteiger partial charge >= 0.3 is 5.97 Å². The molecule has 1 heterocycles. The predicted octanol–water partition coefficient (Wildman–Crippen LogP) is 0.520. The number of nitrogens with zero attached hydrogens (tertiary/aromatic N) is 1. The van der Waals surface area contributed by atoms with Gasteiger partial charge in [0.2, 0.25) is 0 Å². The van der Waals surface area contributed by atoms with Gasteiger partial charge in [0, 0.05) is 12.6 Å². The molecule has 1 aliphatic carbocycles. The molecule has 0 bridgehead atoms. The van der Waals surface area contributed by atoms with Gasteiger partial charge in [-0.3, -0.25) is 4.79 Å². The van der Waals surface area contributed by atoms with Gasteiger partial charge in [-0.2, -0.15) is 0 Å². The lowest BCUT2D eigenvalue weighted by atomic mass is 9.71. The molecule has 0 radical (unpaired) electrons. The number of likely N-dealkylation sites (tertiary alicyclic amines) is 1. The van der Waals surface area contributed by atoms with E-state index in [2.05, 4.69) is 4.90 Å². The molecule has 0 aromatic rings. The van der Waals surface area contributed by atoms with Gasteiger partial charge < -0.3 is 15.7 Å². The van der Waals surface area contributed by atoms with Gasteiger partial charge in [0.05, 0.1) is 5.41 Å². The number of carboxylic acids is 1. The molecular formula is C11H20N2O2. The highest BCUT2D eigenvalue weighted by Crippen LogP contribution is 2.45. The van der Waals surface area contributed by atoms with Crippen LogP contribution in [0.1, 0.15) is 25.7 Å². The Labute approximate surface area is 90.4 Å². The summed E-state index contributed by atoms with van der Waals surface area (Å²) in [5.74, 6) is -0.0643. The summed E-state index contributed by atoms with van der Waals surface area (Å²) in [4.78, 5) is 13.6. The van der Waals surface area contributed by atoms with Crippen molar-refractivity contribution in [3.8, 4) is 0 Å². The van der Waals surface area contributed by atoms with E-state index >= 15 is 0 Å². The summed E-state index contributed by atoms with van der Waals surface area (Å²) >= 11 is 0. The van der Waals surface area contributed by atoms with Crippen molar-refractivity contribution < 1.29 is 9.90 Å². The third-order valence-electron chi connectivity index (χ3n) is 3.93. The quantitative estimate of drug-likeness (QED) is 0.715. The molecule has 2 unspecified atom stereocenters. The SMILES string of the molecule is CN1CCC(CC2CC2)(C(=O)O)C(N)C1. The monoisotopic (exact) mass is 212 g/mol. The third kappa shape index (κ3) is 2.01. The predicted molar refractivity (Wildman–Crippen MR) is 57.5 cm³/mol. The van der Waals surface area contributed by atoms with Gasteiger partial charge in [-0.1, -0.05) is 12.8 Å². The van der Waals surface area contributed by atoms with Crippen LogP contribution in [0.25, 0.3) is 0 Å². The molecule has 1 saturated heterocycles. The van der Waals surface area contributed by atoms with Crippen molar-refractivity contribution in [2.24, 2.45) is 17.1 Å². The van der Waals surface area contributed by atoms with Gasteiger partial charge in [0.15, 0.2) is 0 Å². The van der Waals surface area contributed by atoms with E-state index < -0.39 is 11.4 Å². The second-order valence-corrected chi connectivity index (χ2v) is 5.23. The third-order valence-corrected chi connectivity index (χ3v) is 3.93. The van der Waals surface area contributed by atoms with Crippen LogP contribution in [0.15, 0.2) is 0 Å². The van der Waals surface area contributed by atoms with Crippen LogP contribution in [0.2, 0.25) is 0 Å². The largest absolute Gasteiger partial charge is 0.481 e. The Kier molecular flexibility index (Phi) is 2.73. The molecule has 1 saturated carbocycles. The first-order valence-electron chi connectivity index (χ1n) is 5.72. The summed E-state index contributed by atoms with van der Waals surface area (Å²) in [6.45, 7) is 1.56. The highest BCUT2D eigenvalue weighted by Gasteiger charge is 2.49. The molecule has 4 heteroatoms. The Morgan fingerprint density at radius 1 is 1.60 bits per heavy atom. The number of piperidine rings is 1. The van der Waals surface area contributed by atoms with Crippen molar-refractivity contribution in [2.75, 3.05) is 20.1 Å². The lowest BCUT2D eigenvalue weighted by Crippen LogP contribution is -2.58. The maximum atomic E-state index is 11.5. The van der Waals surface area contributed by atoms with E-state index in [0.717, 1.165) is 13.0 Å². The summed E-state index contributed by atoms with van der Waals surface area (Å²) in [5, 5.41) is 9.42. The molecule has 1 aliphatic heterocycles. The summed E-state index contributed by atoms with van der Waals surface area (Å²) < 4.78 is 0. The zero-order valence-electron chi connectivity index (χ0n) is 9.28. The Morgan fingerprint density at radius 3 is 2.73 bits per heavy atom.